The Morgan fingerprint density at radius 1 is 1.24 bits per heavy atom. The SMILES string of the molecule is C[C@@H](OC(=O)Nc1c(-c2cnc(NC(=O)C3(C#N)CC3)cn2)nnn1C)c1ccccc1Cl. The van der Waals surface area contributed by atoms with Crippen LogP contribution in [0.15, 0.2) is 36.7 Å². The van der Waals surface area contributed by atoms with E-state index < -0.39 is 23.5 Å². The van der Waals surface area contributed by atoms with Crippen molar-refractivity contribution in [3.05, 3.63) is 47.2 Å². The average molecular weight is 467 g/mol. The van der Waals surface area contributed by atoms with Gasteiger partial charge in [-0.05, 0) is 25.8 Å². The molecule has 2 amide bonds. The Morgan fingerprint density at radius 2 is 2.00 bits per heavy atom. The number of anilines is 2. The molecule has 1 saturated carbocycles. The number of benzene rings is 1. The number of nitriles is 1. The number of carbonyl (C=O) groups excluding carboxylic acids is 2. The van der Waals surface area contributed by atoms with E-state index in [-0.39, 0.29) is 17.3 Å². The van der Waals surface area contributed by atoms with E-state index in [1.165, 1.54) is 17.1 Å². The van der Waals surface area contributed by atoms with Crippen molar-refractivity contribution in [2.75, 3.05) is 10.6 Å². The van der Waals surface area contributed by atoms with Gasteiger partial charge in [-0.1, -0.05) is 35.0 Å². The molecule has 2 heterocycles. The number of carbonyl (C=O) groups is 2. The van der Waals surface area contributed by atoms with Gasteiger partial charge in [-0.15, -0.1) is 5.10 Å². The van der Waals surface area contributed by atoms with Crippen LogP contribution in [0.1, 0.15) is 31.4 Å². The highest BCUT2D eigenvalue weighted by molar-refractivity contribution is 6.31. The van der Waals surface area contributed by atoms with E-state index in [4.69, 9.17) is 21.6 Å². The van der Waals surface area contributed by atoms with Crippen LogP contribution in [0.4, 0.5) is 16.4 Å². The number of nitrogens with zero attached hydrogens (tertiary/aromatic N) is 6. The molecule has 0 spiro atoms. The smallest absolute Gasteiger partial charge is 0.413 e. The highest BCUT2D eigenvalue weighted by Crippen LogP contribution is 2.45. The number of rotatable bonds is 6. The predicted molar refractivity (Wildman–Crippen MR) is 118 cm³/mol. The van der Waals surface area contributed by atoms with Gasteiger partial charge in [0, 0.05) is 17.6 Å². The molecule has 1 aromatic carbocycles. The Labute approximate surface area is 193 Å². The molecule has 12 heteroatoms. The molecule has 3 aromatic rings. The lowest BCUT2D eigenvalue weighted by Crippen LogP contribution is -2.23. The molecule has 2 aromatic heterocycles. The minimum Gasteiger partial charge on any atom is -0.441 e. The Morgan fingerprint density at radius 3 is 2.64 bits per heavy atom. The first kappa shape index (κ1) is 22.2. The van der Waals surface area contributed by atoms with Crippen molar-refractivity contribution in [1.82, 2.24) is 25.0 Å². The fourth-order valence-corrected chi connectivity index (χ4v) is 3.38. The van der Waals surface area contributed by atoms with Gasteiger partial charge in [0.2, 0.25) is 5.91 Å². The van der Waals surface area contributed by atoms with Gasteiger partial charge in [-0.25, -0.2) is 19.4 Å². The molecule has 0 radical (unpaired) electrons. The largest absolute Gasteiger partial charge is 0.441 e. The molecule has 0 unspecified atom stereocenters. The van der Waals surface area contributed by atoms with Crippen LogP contribution < -0.4 is 10.6 Å². The van der Waals surface area contributed by atoms with Crippen molar-refractivity contribution in [2.45, 2.75) is 25.9 Å². The van der Waals surface area contributed by atoms with Crippen molar-refractivity contribution < 1.29 is 14.3 Å². The summed E-state index contributed by atoms with van der Waals surface area (Å²) in [6.45, 7) is 1.71. The number of halogens is 1. The Balaban J connectivity index is 1.45. The van der Waals surface area contributed by atoms with Gasteiger partial charge < -0.3 is 10.1 Å². The first-order chi connectivity index (χ1) is 15.8. The lowest BCUT2D eigenvalue weighted by Gasteiger charge is -2.15. The summed E-state index contributed by atoms with van der Waals surface area (Å²) in [5.41, 5.74) is 0.285. The van der Waals surface area contributed by atoms with Gasteiger partial charge >= 0.3 is 6.09 Å². The van der Waals surface area contributed by atoms with E-state index in [0.717, 1.165) is 0 Å². The van der Waals surface area contributed by atoms with Gasteiger partial charge in [-0.3, -0.25) is 10.1 Å². The maximum absolute atomic E-state index is 12.5. The van der Waals surface area contributed by atoms with E-state index in [0.29, 0.717) is 29.1 Å². The quantitative estimate of drug-likeness (QED) is 0.560. The zero-order valence-corrected chi connectivity index (χ0v) is 18.5. The Bertz CT molecular complexity index is 1250. The molecule has 1 aliphatic carbocycles. The summed E-state index contributed by atoms with van der Waals surface area (Å²) >= 11 is 6.16. The molecule has 0 saturated heterocycles. The summed E-state index contributed by atoms with van der Waals surface area (Å²) in [6.07, 6.45) is 2.47. The number of hydrogen-bond donors (Lipinski definition) is 2. The van der Waals surface area contributed by atoms with E-state index in [1.807, 2.05) is 6.07 Å². The highest BCUT2D eigenvalue weighted by Gasteiger charge is 2.50. The summed E-state index contributed by atoms with van der Waals surface area (Å²) < 4.78 is 6.79. The molecular formula is C21H19ClN8O3. The van der Waals surface area contributed by atoms with E-state index in [9.17, 15) is 9.59 Å². The minimum absolute atomic E-state index is 0.205. The Hall–Kier alpha value is -4.04. The van der Waals surface area contributed by atoms with Gasteiger partial charge in [0.15, 0.2) is 17.3 Å². The fraction of sp³-hybridized carbons (Fsp3) is 0.286. The molecule has 1 aliphatic rings. The third kappa shape index (κ3) is 4.61. The van der Waals surface area contributed by atoms with Crippen LogP contribution >= 0.6 is 11.6 Å². The summed E-state index contributed by atoms with van der Waals surface area (Å²) in [7, 11) is 1.60. The average Bonchev–Trinajstić information content (AvgIpc) is 3.53. The van der Waals surface area contributed by atoms with E-state index in [2.05, 4.69) is 30.9 Å². The monoisotopic (exact) mass is 466 g/mol. The highest BCUT2D eigenvalue weighted by atomic mass is 35.5. The van der Waals surface area contributed by atoms with Crippen LogP contribution in [0.5, 0.6) is 0 Å². The first-order valence-corrected chi connectivity index (χ1v) is 10.4. The molecule has 168 valence electrons. The fourth-order valence-electron chi connectivity index (χ4n) is 3.09. The normalized spacial score (nSPS) is 14.6. The van der Waals surface area contributed by atoms with E-state index in [1.54, 1.807) is 38.2 Å². The molecule has 33 heavy (non-hydrogen) atoms. The van der Waals surface area contributed by atoms with Gasteiger partial charge in [0.05, 0.1) is 18.5 Å². The molecule has 1 atom stereocenters. The third-order valence-electron chi connectivity index (χ3n) is 5.21. The van der Waals surface area contributed by atoms with Gasteiger partial charge in [-0.2, -0.15) is 5.26 Å². The lowest BCUT2D eigenvalue weighted by atomic mass is 10.1. The first-order valence-electron chi connectivity index (χ1n) is 10.00. The maximum Gasteiger partial charge on any atom is 0.413 e. The number of amides is 2. The molecule has 0 aliphatic heterocycles. The second-order valence-corrected chi connectivity index (χ2v) is 7.95. The molecule has 11 nitrogen and oxygen atoms in total. The van der Waals surface area contributed by atoms with Crippen LogP contribution in [0.2, 0.25) is 5.02 Å². The summed E-state index contributed by atoms with van der Waals surface area (Å²) in [6, 6.07) is 9.11. The number of aromatic nitrogens is 5. The minimum atomic E-state index is -0.968. The third-order valence-corrected chi connectivity index (χ3v) is 5.55. The van der Waals surface area contributed by atoms with Crippen molar-refractivity contribution >= 4 is 35.2 Å². The van der Waals surface area contributed by atoms with Crippen molar-refractivity contribution in [2.24, 2.45) is 12.5 Å². The maximum atomic E-state index is 12.5. The van der Waals surface area contributed by atoms with Gasteiger partial charge in [0.25, 0.3) is 0 Å². The van der Waals surface area contributed by atoms with Gasteiger partial charge in [0.1, 0.15) is 17.2 Å². The summed E-state index contributed by atoms with van der Waals surface area (Å²) in [4.78, 5) is 33.1. The predicted octanol–water partition coefficient (Wildman–Crippen LogP) is 3.48. The zero-order chi connectivity index (χ0) is 23.6. The summed E-state index contributed by atoms with van der Waals surface area (Å²) in [5.74, 6) is 0.0554. The molecular weight excluding hydrogens is 448 g/mol. The number of ether oxygens (including phenoxy) is 1. The van der Waals surface area contributed by atoms with Crippen LogP contribution in [-0.4, -0.2) is 37.0 Å². The molecule has 0 bridgehead atoms. The molecule has 4 rings (SSSR count). The number of nitrogens with one attached hydrogen (secondary N) is 2. The second-order valence-electron chi connectivity index (χ2n) is 7.54. The molecule has 1 fully saturated rings. The zero-order valence-electron chi connectivity index (χ0n) is 17.7. The number of aryl methyl sites for hydroxylation is 1. The summed E-state index contributed by atoms with van der Waals surface area (Å²) in [5, 5.41) is 22.8. The van der Waals surface area contributed by atoms with Crippen molar-refractivity contribution in [1.29, 1.82) is 5.26 Å². The lowest BCUT2D eigenvalue weighted by molar-refractivity contribution is -0.119. The standard InChI is InChI=1S/C21H19ClN8O3/c1-12(13-5-3-4-6-14(13)22)33-20(32)27-18-17(28-29-30(18)2)15-9-25-16(10-24-15)26-19(31)21(11-23)7-8-21/h3-6,9-10,12H,7-8H2,1-2H3,(H,27,32)(H,25,26,31)/t12-/m1/s1. The van der Waals surface area contributed by atoms with Crippen LogP contribution in [0.25, 0.3) is 11.4 Å². The van der Waals surface area contributed by atoms with Crippen LogP contribution in [-0.2, 0) is 16.6 Å². The van der Waals surface area contributed by atoms with Crippen molar-refractivity contribution in [3.8, 4) is 17.5 Å². The topological polar surface area (TPSA) is 148 Å². The number of hydrogen-bond acceptors (Lipinski definition) is 8. The molecule has 2 N–H and O–H groups in total. The second kappa shape index (κ2) is 8.84. The van der Waals surface area contributed by atoms with Crippen molar-refractivity contribution in [3.63, 3.8) is 0 Å². The van der Waals surface area contributed by atoms with Crippen LogP contribution in [0.3, 0.4) is 0 Å². The van der Waals surface area contributed by atoms with E-state index >= 15 is 0 Å². The Kier molecular flexibility index (Phi) is 5.93. The van der Waals surface area contributed by atoms with Crippen LogP contribution in [0, 0.1) is 16.7 Å².